The van der Waals surface area contributed by atoms with Crippen molar-refractivity contribution in [1.29, 1.82) is 0 Å². The van der Waals surface area contributed by atoms with E-state index in [0.29, 0.717) is 0 Å². The fourth-order valence-corrected chi connectivity index (χ4v) is 1.94. The summed E-state index contributed by atoms with van der Waals surface area (Å²) in [6.45, 7) is 0. The number of halogens is 1. The first-order chi connectivity index (χ1) is 5.25. The Hall–Kier alpha value is 0.140. The van der Waals surface area contributed by atoms with Crippen molar-refractivity contribution < 1.29 is 10.2 Å². The van der Waals surface area contributed by atoms with Crippen LogP contribution in [-0.4, -0.2) is 27.8 Å². The van der Waals surface area contributed by atoms with E-state index in [-0.39, 0.29) is 5.92 Å². The van der Waals surface area contributed by atoms with Gasteiger partial charge in [-0.3, -0.25) is 0 Å². The smallest absolute Gasteiger partial charge is 0.0982 e. The van der Waals surface area contributed by atoms with Gasteiger partial charge in [0.25, 0.3) is 0 Å². The summed E-state index contributed by atoms with van der Waals surface area (Å²) in [5, 5.41) is 19.6. The van der Waals surface area contributed by atoms with E-state index in [0.717, 1.165) is 18.2 Å². The second-order valence-electron chi connectivity index (χ2n) is 2.88. The summed E-state index contributed by atoms with van der Waals surface area (Å²) in [6, 6.07) is 0. The third-order valence-electron chi connectivity index (χ3n) is 2.08. The van der Waals surface area contributed by atoms with Crippen molar-refractivity contribution in [3.05, 3.63) is 12.2 Å². The molecule has 0 aromatic carbocycles. The van der Waals surface area contributed by atoms with Crippen LogP contribution < -0.4 is 0 Å². The van der Waals surface area contributed by atoms with E-state index in [2.05, 4.69) is 15.9 Å². The van der Waals surface area contributed by atoms with Crippen LogP contribution in [-0.2, 0) is 0 Å². The lowest BCUT2D eigenvalue weighted by Crippen LogP contribution is -2.34. The van der Waals surface area contributed by atoms with Gasteiger partial charge in [-0.2, -0.15) is 0 Å². The summed E-state index contributed by atoms with van der Waals surface area (Å²) in [5.41, 5.74) is 0. The molecule has 1 rings (SSSR count). The average Bonchev–Trinajstić information content (AvgIpc) is 1.99. The Morgan fingerprint density at radius 3 is 2.82 bits per heavy atom. The van der Waals surface area contributed by atoms with Gasteiger partial charge < -0.3 is 10.2 Å². The number of alkyl halides is 1. The molecule has 3 atom stereocenters. The van der Waals surface area contributed by atoms with Gasteiger partial charge in [0.2, 0.25) is 0 Å². The van der Waals surface area contributed by atoms with Crippen molar-refractivity contribution >= 4 is 15.9 Å². The van der Waals surface area contributed by atoms with Gasteiger partial charge in [0.05, 0.1) is 12.2 Å². The lowest BCUT2D eigenvalue weighted by molar-refractivity contribution is 0.00154. The van der Waals surface area contributed by atoms with Crippen molar-refractivity contribution in [2.45, 2.75) is 25.0 Å². The molecule has 0 aromatic heterocycles. The minimum atomic E-state index is -0.659. The SMILES string of the molecule is O[C@@H]1[C@@H](CCBr)CC=C[C@@H]1O. The molecule has 0 fully saturated rings. The third-order valence-corrected chi connectivity index (χ3v) is 2.54. The maximum atomic E-state index is 9.45. The molecule has 11 heavy (non-hydrogen) atoms. The quantitative estimate of drug-likeness (QED) is 0.540. The van der Waals surface area contributed by atoms with Gasteiger partial charge in [-0.25, -0.2) is 0 Å². The van der Waals surface area contributed by atoms with Crippen LogP contribution >= 0.6 is 15.9 Å². The van der Waals surface area contributed by atoms with Crippen LogP contribution in [0.1, 0.15) is 12.8 Å². The van der Waals surface area contributed by atoms with E-state index >= 15 is 0 Å². The van der Waals surface area contributed by atoms with E-state index in [1.54, 1.807) is 6.08 Å². The molecule has 0 amide bonds. The number of aliphatic hydroxyl groups is 2. The Morgan fingerprint density at radius 2 is 2.18 bits per heavy atom. The zero-order valence-electron chi connectivity index (χ0n) is 6.28. The Kier molecular flexibility index (Phi) is 3.55. The summed E-state index contributed by atoms with van der Waals surface area (Å²) in [7, 11) is 0. The number of hydrogen-bond donors (Lipinski definition) is 2. The van der Waals surface area contributed by atoms with E-state index in [4.69, 9.17) is 0 Å². The van der Waals surface area contributed by atoms with Crippen molar-refractivity contribution in [1.82, 2.24) is 0 Å². The van der Waals surface area contributed by atoms with E-state index in [1.807, 2.05) is 6.08 Å². The standard InChI is InChI=1S/C8H13BrO2/c9-5-4-6-2-1-3-7(10)8(6)11/h1,3,6-8,10-11H,2,4-5H2/t6-,7+,8-/m1/s1. The Balaban J connectivity index is 2.48. The van der Waals surface area contributed by atoms with Crippen molar-refractivity contribution in [2.75, 3.05) is 5.33 Å². The Morgan fingerprint density at radius 1 is 1.45 bits per heavy atom. The van der Waals surface area contributed by atoms with Crippen LogP contribution in [0, 0.1) is 5.92 Å². The fourth-order valence-electron chi connectivity index (χ4n) is 1.35. The molecule has 64 valence electrons. The maximum absolute atomic E-state index is 9.45. The first kappa shape index (κ1) is 9.23. The largest absolute Gasteiger partial charge is 0.390 e. The van der Waals surface area contributed by atoms with Crippen LogP contribution in [0.5, 0.6) is 0 Å². The molecule has 0 heterocycles. The molecule has 1 aliphatic carbocycles. The first-order valence-electron chi connectivity index (χ1n) is 3.84. The van der Waals surface area contributed by atoms with E-state index < -0.39 is 12.2 Å². The zero-order valence-corrected chi connectivity index (χ0v) is 7.87. The zero-order chi connectivity index (χ0) is 8.27. The summed E-state index contributed by atoms with van der Waals surface area (Å²) in [5.74, 6) is 0.217. The molecule has 0 unspecified atom stereocenters. The van der Waals surface area contributed by atoms with Crippen LogP contribution in [0.3, 0.4) is 0 Å². The molecule has 2 N–H and O–H groups in total. The van der Waals surface area contributed by atoms with Crippen LogP contribution in [0.15, 0.2) is 12.2 Å². The second-order valence-corrected chi connectivity index (χ2v) is 3.68. The maximum Gasteiger partial charge on any atom is 0.0982 e. The second kappa shape index (κ2) is 4.24. The topological polar surface area (TPSA) is 40.5 Å². The molecular formula is C8H13BrO2. The lowest BCUT2D eigenvalue weighted by atomic mass is 9.88. The summed E-state index contributed by atoms with van der Waals surface area (Å²) >= 11 is 3.32. The third kappa shape index (κ3) is 2.29. The van der Waals surface area contributed by atoms with Crippen molar-refractivity contribution in [2.24, 2.45) is 5.92 Å². The highest BCUT2D eigenvalue weighted by Crippen LogP contribution is 2.23. The van der Waals surface area contributed by atoms with Gasteiger partial charge in [0, 0.05) is 5.33 Å². The molecule has 2 nitrogen and oxygen atoms in total. The molecular weight excluding hydrogens is 208 g/mol. The van der Waals surface area contributed by atoms with Crippen LogP contribution in [0.25, 0.3) is 0 Å². The molecule has 0 aromatic rings. The summed E-state index contributed by atoms with van der Waals surface area (Å²) in [4.78, 5) is 0. The number of allylic oxidation sites excluding steroid dienone is 1. The molecule has 0 radical (unpaired) electrons. The Bertz CT molecular complexity index is 147. The molecule has 1 aliphatic rings. The predicted octanol–water partition coefficient (Wildman–Crippen LogP) is 1.07. The van der Waals surface area contributed by atoms with Gasteiger partial charge in [-0.1, -0.05) is 28.1 Å². The van der Waals surface area contributed by atoms with Crippen LogP contribution in [0.2, 0.25) is 0 Å². The summed E-state index contributed by atoms with van der Waals surface area (Å²) < 4.78 is 0. The van der Waals surface area contributed by atoms with Crippen molar-refractivity contribution in [3.63, 3.8) is 0 Å². The van der Waals surface area contributed by atoms with Crippen LogP contribution in [0.4, 0.5) is 0 Å². The average molecular weight is 221 g/mol. The van der Waals surface area contributed by atoms with E-state index in [9.17, 15) is 10.2 Å². The van der Waals surface area contributed by atoms with Gasteiger partial charge >= 0.3 is 0 Å². The molecule has 0 saturated carbocycles. The number of hydrogen-bond acceptors (Lipinski definition) is 2. The summed E-state index contributed by atoms with van der Waals surface area (Å²) in [6.07, 6.45) is 4.16. The highest BCUT2D eigenvalue weighted by atomic mass is 79.9. The van der Waals surface area contributed by atoms with Gasteiger partial charge in [0.1, 0.15) is 0 Å². The van der Waals surface area contributed by atoms with Crippen molar-refractivity contribution in [3.8, 4) is 0 Å². The number of aliphatic hydroxyl groups excluding tert-OH is 2. The predicted molar refractivity (Wildman–Crippen MR) is 47.7 cm³/mol. The van der Waals surface area contributed by atoms with Gasteiger partial charge in [0.15, 0.2) is 0 Å². The molecule has 0 bridgehead atoms. The molecule has 0 aliphatic heterocycles. The van der Waals surface area contributed by atoms with Gasteiger partial charge in [-0.05, 0) is 18.8 Å². The first-order valence-corrected chi connectivity index (χ1v) is 4.96. The minimum absolute atomic E-state index is 0.217. The number of rotatable bonds is 2. The monoisotopic (exact) mass is 220 g/mol. The molecule has 3 heteroatoms. The highest BCUT2D eigenvalue weighted by Gasteiger charge is 2.26. The lowest BCUT2D eigenvalue weighted by Gasteiger charge is -2.27. The molecule has 0 spiro atoms. The highest BCUT2D eigenvalue weighted by molar-refractivity contribution is 9.09. The Labute approximate surface area is 75.1 Å². The molecule has 0 saturated heterocycles. The van der Waals surface area contributed by atoms with E-state index in [1.165, 1.54) is 0 Å². The minimum Gasteiger partial charge on any atom is -0.390 e. The van der Waals surface area contributed by atoms with Gasteiger partial charge in [-0.15, -0.1) is 0 Å². The normalized spacial score (nSPS) is 37.5. The fraction of sp³-hybridized carbons (Fsp3) is 0.750.